The number of carboxylic acids is 1. The van der Waals surface area contributed by atoms with E-state index in [4.69, 9.17) is 14.6 Å². The van der Waals surface area contributed by atoms with Gasteiger partial charge in [0.25, 0.3) is 0 Å². The molecule has 7 heteroatoms. The van der Waals surface area contributed by atoms with Crippen LogP contribution < -0.4 is 5.32 Å². The first kappa shape index (κ1) is 18.3. The molecule has 0 aliphatic heterocycles. The zero-order chi connectivity index (χ0) is 16.4. The van der Waals surface area contributed by atoms with E-state index in [2.05, 4.69) is 5.32 Å². The number of rotatable bonds is 8. The summed E-state index contributed by atoms with van der Waals surface area (Å²) in [6.07, 6.45) is 4.67. The molecular weight excluding hydrogens is 290 g/mol. The molecule has 126 valence electrons. The van der Waals surface area contributed by atoms with Crippen LogP contribution in [-0.4, -0.2) is 42.9 Å². The Kier molecular flexibility index (Phi) is 7.70. The average molecular weight is 315 g/mol. The highest BCUT2D eigenvalue weighted by Gasteiger charge is 2.34. The third-order valence-electron chi connectivity index (χ3n) is 3.88. The fourth-order valence-electron chi connectivity index (χ4n) is 2.79. The first-order valence-corrected chi connectivity index (χ1v) is 7.69. The van der Waals surface area contributed by atoms with Crippen molar-refractivity contribution in [2.45, 2.75) is 51.9 Å². The molecule has 0 radical (unpaired) electrons. The van der Waals surface area contributed by atoms with Crippen molar-refractivity contribution in [3.63, 3.8) is 0 Å². The van der Waals surface area contributed by atoms with Gasteiger partial charge in [0.2, 0.25) is 0 Å². The van der Waals surface area contributed by atoms with E-state index in [1.54, 1.807) is 0 Å². The monoisotopic (exact) mass is 315 g/mol. The maximum Gasteiger partial charge on any atom is 0.407 e. The summed E-state index contributed by atoms with van der Waals surface area (Å²) in [7, 11) is 0. The lowest BCUT2D eigenvalue weighted by molar-refractivity contribution is -0.142. The molecule has 1 rings (SSSR count). The minimum Gasteiger partial charge on any atom is -0.481 e. The zero-order valence-corrected chi connectivity index (χ0v) is 13.1. The molecule has 0 aromatic heterocycles. The summed E-state index contributed by atoms with van der Waals surface area (Å²) in [5.41, 5.74) is -0.360. The fourth-order valence-corrected chi connectivity index (χ4v) is 2.79. The quantitative estimate of drug-likeness (QED) is 0.525. The minimum atomic E-state index is -0.835. The van der Waals surface area contributed by atoms with Crippen LogP contribution in [0, 0.1) is 5.41 Å². The van der Waals surface area contributed by atoms with Gasteiger partial charge in [0.05, 0.1) is 19.6 Å². The molecule has 0 atom stereocenters. The molecule has 0 aromatic rings. The zero-order valence-electron chi connectivity index (χ0n) is 13.1. The van der Waals surface area contributed by atoms with Gasteiger partial charge in [-0.2, -0.15) is 0 Å². The number of aliphatic carboxylic acids is 1. The van der Waals surface area contributed by atoms with E-state index in [1.165, 1.54) is 6.92 Å². The SMILES string of the molecule is CC(=O)OCCCOC(=O)NCC1(CC(=O)O)CCCCC1. The van der Waals surface area contributed by atoms with Gasteiger partial charge in [0.15, 0.2) is 0 Å². The second kappa shape index (κ2) is 9.27. The molecule has 2 N–H and O–H groups in total. The van der Waals surface area contributed by atoms with Gasteiger partial charge in [-0.15, -0.1) is 0 Å². The van der Waals surface area contributed by atoms with Crippen molar-refractivity contribution in [2.75, 3.05) is 19.8 Å². The van der Waals surface area contributed by atoms with Crippen molar-refractivity contribution in [2.24, 2.45) is 5.41 Å². The molecule has 0 saturated heterocycles. The second-order valence-corrected chi connectivity index (χ2v) is 5.81. The molecule has 22 heavy (non-hydrogen) atoms. The van der Waals surface area contributed by atoms with Gasteiger partial charge in [-0.05, 0) is 18.3 Å². The molecule has 1 aliphatic rings. The molecule has 0 heterocycles. The molecule has 0 unspecified atom stereocenters. The predicted octanol–water partition coefficient (Wildman–Crippen LogP) is 2.09. The Morgan fingerprint density at radius 1 is 1.09 bits per heavy atom. The minimum absolute atomic E-state index is 0.0692. The molecule has 1 fully saturated rings. The Labute approximate surface area is 130 Å². The summed E-state index contributed by atoms with van der Waals surface area (Å²) in [5.74, 6) is -1.20. The van der Waals surface area contributed by atoms with Crippen LogP contribution in [0.15, 0.2) is 0 Å². The molecule has 0 bridgehead atoms. The van der Waals surface area contributed by atoms with Crippen molar-refractivity contribution in [3.05, 3.63) is 0 Å². The molecule has 7 nitrogen and oxygen atoms in total. The van der Waals surface area contributed by atoms with Gasteiger partial charge >= 0.3 is 18.0 Å². The van der Waals surface area contributed by atoms with Crippen molar-refractivity contribution in [3.8, 4) is 0 Å². The van der Waals surface area contributed by atoms with Gasteiger partial charge in [0, 0.05) is 19.9 Å². The van der Waals surface area contributed by atoms with Crippen LogP contribution >= 0.6 is 0 Å². The highest BCUT2D eigenvalue weighted by molar-refractivity contribution is 5.69. The first-order valence-electron chi connectivity index (χ1n) is 7.69. The third kappa shape index (κ3) is 7.28. The van der Waals surface area contributed by atoms with E-state index in [-0.39, 0.29) is 31.0 Å². The number of alkyl carbamates (subject to hydrolysis) is 1. The third-order valence-corrected chi connectivity index (χ3v) is 3.88. The van der Waals surface area contributed by atoms with Crippen LogP contribution in [0.4, 0.5) is 4.79 Å². The van der Waals surface area contributed by atoms with Crippen LogP contribution in [0.25, 0.3) is 0 Å². The van der Waals surface area contributed by atoms with Crippen molar-refractivity contribution < 1.29 is 29.0 Å². The Morgan fingerprint density at radius 3 is 2.32 bits per heavy atom. The number of esters is 1. The van der Waals surface area contributed by atoms with E-state index in [0.717, 1.165) is 32.1 Å². The summed E-state index contributed by atoms with van der Waals surface area (Å²) in [6.45, 7) is 2.01. The second-order valence-electron chi connectivity index (χ2n) is 5.81. The molecule has 0 spiro atoms. The highest BCUT2D eigenvalue weighted by atomic mass is 16.6. The van der Waals surface area contributed by atoms with Crippen LogP contribution in [0.3, 0.4) is 0 Å². The van der Waals surface area contributed by atoms with Crippen LogP contribution in [0.5, 0.6) is 0 Å². The van der Waals surface area contributed by atoms with Gasteiger partial charge < -0.3 is 19.9 Å². The summed E-state index contributed by atoms with van der Waals surface area (Å²) in [6, 6.07) is 0. The van der Waals surface area contributed by atoms with Gasteiger partial charge in [-0.25, -0.2) is 4.79 Å². The van der Waals surface area contributed by atoms with Gasteiger partial charge in [-0.3, -0.25) is 9.59 Å². The molecule has 1 amide bonds. The van der Waals surface area contributed by atoms with Crippen LogP contribution in [-0.2, 0) is 19.1 Å². The Balaban J connectivity index is 2.27. The lowest BCUT2D eigenvalue weighted by atomic mass is 9.72. The Hall–Kier alpha value is -1.79. The van der Waals surface area contributed by atoms with Crippen LogP contribution in [0.1, 0.15) is 51.9 Å². The number of carboxylic acid groups (broad SMARTS) is 1. The number of ether oxygens (including phenoxy) is 2. The maximum absolute atomic E-state index is 11.6. The number of amides is 1. The topological polar surface area (TPSA) is 102 Å². The van der Waals surface area contributed by atoms with E-state index in [1.807, 2.05) is 0 Å². The van der Waals surface area contributed by atoms with Crippen LogP contribution in [0.2, 0.25) is 0 Å². The summed E-state index contributed by atoms with van der Waals surface area (Å²) in [5, 5.41) is 11.7. The number of hydrogen-bond acceptors (Lipinski definition) is 5. The van der Waals surface area contributed by atoms with Gasteiger partial charge in [0.1, 0.15) is 0 Å². The van der Waals surface area contributed by atoms with Crippen molar-refractivity contribution in [1.29, 1.82) is 0 Å². The van der Waals surface area contributed by atoms with E-state index in [0.29, 0.717) is 13.0 Å². The summed E-state index contributed by atoms with van der Waals surface area (Å²) < 4.78 is 9.70. The largest absolute Gasteiger partial charge is 0.481 e. The normalized spacial score (nSPS) is 16.6. The van der Waals surface area contributed by atoms with E-state index >= 15 is 0 Å². The summed E-state index contributed by atoms with van der Waals surface area (Å²) >= 11 is 0. The molecule has 1 aliphatic carbocycles. The first-order chi connectivity index (χ1) is 10.4. The fraction of sp³-hybridized carbons (Fsp3) is 0.800. The lowest BCUT2D eigenvalue weighted by Gasteiger charge is -2.36. The Bertz CT molecular complexity index is 389. The predicted molar refractivity (Wildman–Crippen MR) is 78.4 cm³/mol. The van der Waals surface area contributed by atoms with E-state index < -0.39 is 12.1 Å². The van der Waals surface area contributed by atoms with Crippen molar-refractivity contribution >= 4 is 18.0 Å². The smallest absolute Gasteiger partial charge is 0.407 e. The Morgan fingerprint density at radius 2 is 1.73 bits per heavy atom. The van der Waals surface area contributed by atoms with E-state index in [9.17, 15) is 14.4 Å². The van der Waals surface area contributed by atoms with Gasteiger partial charge in [-0.1, -0.05) is 19.3 Å². The standard InChI is InChI=1S/C15H25NO6/c1-12(17)21-8-5-9-22-14(20)16-11-15(10-13(18)19)6-3-2-4-7-15/h2-11H2,1H3,(H,16,20)(H,18,19). The summed E-state index contributed by atoms with van der Waals surface area (Å²) in [4.78, 5) is 33.2. The van der Waals surface area contributed by atoms with Crippen molar-refractivity contribution in [1.82, 2.24) is 5.32 Å². The molecular formula is C15H25NO6. The molecule has 1 saturated carbocycles. The average Bonchev–Trinajstić information content (AvgIpc) is 2.45. The highest BCUT2D eigenvalue weighted by Crippen LogP contribution is 2.38. The number of carbonyl (C=O) groups is 3. The number of hydrogen-bond donors (Lipinski definition) is 2. The lowest BCUT2D eigenvalue weighted by Crippen LogP contribution is -2.40. The number of nitrogens with one attached hydrogen (secondary N) is 1. The number of carbonyl (C=O) groups excluding carboxylic acids is 2. The maximum atomic E-state index is 11.6. The molecule has 0 aromatic carbocycles.